The zero-order valence-electron chi connectivity index (χ0n) is 10.9. The van der Waals surface area contributed by atoms with Crippen molar-refractivity contribution in [3.8, 4) is 0 Å². The number of carbonyl (C=O) groups excluding carboxylic acids is 1. The van der Waals surface area contributed by atoms with Crippen LogP contribution in [0.1, 0.15) is 24.0 Å². The molecule has 3 nitrogen and oxygen atoms in total. The van der Waals surface area contributed by atoms with Gasteiger partial charge in [0, 0.05) is 13.1 Å². The van der Waals surface area contributed by atoms with Crippen molar-refractivity contribution in [3.63, 3.8) is 0 Å². The molecule has 98 valence electrons. The molecule has 0 atom stereocenters. The fourth-order valence-electron chi connectivity index (χ4n) is 2.26. The predicted molar refractivity (Wildman–Crippen MR) is 80.0 cm³/mol. The molecule has 3 rings (SSSR count). The van der Waals surface area contributed by atoms with Gasteiger partial charge in [0.15, 0.2) is 5.17 Å². The summed E-state index contributed by atoms with van der Waals surface area (Å²) in [7, 11) is 0. The number of nitrogens with zero attached hydrogens (tertiary/aromatic N) is 2. The first-order chi connectivity index (χ1) is 9.22. The van der Waals surface area contributed by atoms with Crippen LogP contribution in [0.25, 0.3) is 6.08 Å². The average Bonchev–Trinajstić information content (AvgIpc) is 3.03. The summed E-state index contributed by atoms with van der Waals surface area (Å²) in [5.41, 5.74) is 2.28. The van der Waals surface area contributed by atoms with Crippen molar-refractivity contribution >= 4 is 28.9 Å². The molecule has 0 saturated carbocycles. The summed E-state index contributed by atoms with van der Waals surface area (Å²) in [6, 6.07) is 8.17. The molecule has 0 spiro atoms. The van der Waals surface area contributed by atoms with Gasteiger partial charge in [-0.05, 0) is 43.2 Å². The lowest BCUT2D eigenvalue weighted by molar-refractivity contribution is -0.113. The molecule has 4 heteroatoms. The number of likely N-dealkylation sites (tertiary alicyclic amines) is 1. The second-order valence-corrected chi connectivity index (χ2v) is 5.92. The van der Waals surface area contributed by atoms with Crippen molar-refractivity contribution in [1.29, 1.82) is 0 Å². The van der Waals surface area contributed by atoms with Crippen LogP contribution in [0.15, 0.2) is 34.2 Å². The van der Waals surface area contributed by atoms with Gasteiger partial charge in [0.2, 0.25) is 0 Å². The zero-order valence-corrected chi connectivity index (χ0v) is 11.7. The molecule has 2 aliphatic rings. The van der Waals surface area contributed by atoms with Crippen molar-refractivity contribution in [2.24, 2.45) is 4.99 Å². The zero-order chi connectivity index (χ0) is 13.2. The molecule has 0 radical (unpaired) electrons. The van der Waals surface area contributed by atoms with E-state index in [2.05, 4.69) is 28.9 Å². The predicted octanol–water partition coefficient (Wildman–Crippen LogP) is 3.06. The van der Waals surface area contributed by atoms with E-state index in [0.717, 1.165) is 28.7 Å². The Hall–Kier alpha value is -1.55. The number of thioether (sulfide) groups is 1. The fraction of sp³-hybridized carbons (Fsp3) is 0.333. The maximum atomic E-state index is 11.9. The first-order valence-corrected chi connectivity index (χ1v) is 7.38. The summed E-state index contributed by atoms with van der Waals surface area (Å²) in [4.78, 5) is 19.0. The van der Waals surface area contributed by atoms with Crippen LogP contribution in [0.4, 0.5) is 0 Å². The molecule has 1 aromatic carbocycles. The van der Waals surface area contributed by atoms with Gasteiger partial charge in [-0.25, -0.2) is 0 Å². The maximum absolute atomic E-state index is 11.9. The van der Waals surface area contributed by atoms with Crippen LogP contribution in [0, 0.1) is 6.92 Å². The molecule has 0 bridgehead atoms. The van der Waals surface area contributed by atoms with Crippen LogP contribution in [0.3, 0.4) is 0 Å². The van der Waals surface area contributed by atoms with E-state index in [9.17, 15) is 4.79 Å². The van der Waals surface area contributed by atoms with E-state index < -0.39 is 0 Å². The monoisotopic (exact) mass is 272 g/mol. The van der Waals surface area contributed by atoms with Crippen LogP contribution in [-0.2, 0) is 4.79 Å². The molecular weight excluding hydrogens is 256 g/mol. The lowest BCUT2D eigenvalue weighted by atomic mass is 10.1. The lowest BCUT2D eigenvalue weighted by Crippen LogP contribution is -2.23. The number of aliphatic imine (C=N–C) groups is 1. The number of amides is 1. The van der Waals surface area contributed by atoms with Crippen LogP contribution >= 0.6 is 11.8 Å². The van der Waals surface area contributed by atoms with E-state index in [4.69, 9.17) is 0 Å². The minimum absolute atomic E-state index is 0.104. The van der Waals surface area contributed by atoms with Crippen molar-refractivity contribution in [2.45, 2.75) is 19.8 Å². The van der Waals surface area contributed by atoms with E-state index >= 15 is 0 Å². The van der Waals surface area contributed by atoms with Gasteiger partial charge in [0.1, 0.15) is 0 Å². The highest BCUT2D eigenvalue weighted by molar-refractivity contribution is 8.18. The molecule has 2 aliphatic heterocycles. The average molecular weight is 272 g/mol. The Morgan fingerprint density at radius 3 is 2.58 bits per heavy atom. The topological polar surface area (TPSA) is 32.7 Å². The molecule has 0 aliphatic carbocycles. The van der Waals surface area contributed by atoms with E-state index in [1.165, 1.54) is 30.2 Å². The number of hydrogen-bond donors (Lipinski definition) is 0. The SMILES string of the molecule is Cc1ccc(C=C2SC(N3CCCC3)=NC2=O)cc1. The van der Waals surface area contributed by atoms with Gasteiger partial charge in [-0.3, -0.25) is 4.79 Å². The van der Waals surface area contributed by atoms with Crippen molar-refractivity contribution in [2.75, 3.05) is 13.1 Å². The quantitative estimate of drug-likeness (QED) is 0.737. The van der Waals surface area contributed by atoms with E-state index in [-0.39, 0.29) is 5.91 Å². The minimum Gasteiger partial charge on any atom is -0.351 e. The van der Waals surface area contributed by atoms with Gasteiger partial charge in [-0.15, -0.1) is 0 Å². The normalized spacial score (nSPS) is 21.3. The Balaban J connectivity index is 1.77. The molecule has 1 amide bonds. The van der Waals surface area contributed by atoms with Crippen molar-refractivity contribution in [3.05, 3.63) is 40.3 Å². The van der Waals surface area contributed by atoms with Gasteiger partial charge in [0.25, 0.3) is 5.91 Å². The van der Waals surface area contributed by atoms with Crippen LogP contribution in [-0.4, -0.2) is 29.1 Å². The van der Waals surface area contributed by atoms with E-state index in [1.807, 2.05) is 18.2 Å². The first kappa shape index (κ1) is 12.5. The Bertz CT molecular complexity index is 554. The summed E-state index contributed by atoms with van der Waals surface area (Å²) in [5.74, 6) is -0.104. The van der Waals surface area contributed by atoms with Gasteiger partial charge >= 0.3 is 0 Å². The van der Waals surface area contributed by atoms with E-state index in [1.54, 1.807) is 0 Å². The molecule has 19 heavy (non-hydrogen) atoms. The molecular formula is C15H16N2OS. The highest BCUT2D eigenvalue weighted by Gasteiger charge is 2.27. The number of benzene rings is 1. The third kappa shape index (κ3) is 2.73. The molecule has 0 aromatic heterocycles. The minimum atomic E-state index is -0.104. The highest BCUT2D eigenvalue weighted by atomic mass is 32.2. The Morgan fingerprint density at radius 1 is 1.21 bits per heavy atom. The molecule has 2 heterocycles. The Labute approximate surface area is 117 Å². The third-order valence-electron chi connectivity index (χ3n) is 3.36. The Morgan fingerprint density at radius 2 is 1.89 bits per heavy atom. The second-order valence-electron chi connectivity index (χ2n) is 4.92. The van der Waals surface area contributed by atoms with Crippen molar-refractivity contribution in [1.82, 2.24) is 4.90 Å². The number of aryl methyl sites for hydroxylation is 1. The smallest absolute Gasteiger partial charge is 0.286 e. The summed E-state index contributed by atoms with van der Waals surface area (Å²) < 4.78 is 0. The first-order valence-electron chi connectivity index (χ1n) is 6.56. The molecule has 1 aromatic rings. The molecule has 0 N–H and O–H groups in total. The number of hydrogen-bond acceptors (Lipinski definition) is 3. The molecule has 0 unspecified atom stereocenters. The van der Waals surface area contributed by atoms with Gasteiger partial charge in [-0.2, -0.15) is 4.99 Å². The fourth-order valence-corrected chi connectivity index (χ4v) is 3.22. The lowest BCUT2D eigenvalue weighted by Gasteiger charge is -2.14. The Kier molecular flexibility index (Phi) is 3.42. The van der Waals surface area contributed by atoms with Gasteiger partial charge in [0.05, 0.1) is 4.91 Å². The second kappa shape index (κ2) is 5.21. The molecule has 1 fully saturated rings. The molecule has 1 saturated heterocycles. The largest absolute Gasteiger partial charge is 0.351 e. The summed E-state index contributed by atoms with van der Waals surface area (Å²) in [5, 5.41) is 0.876. The summed E-state index contributed by atoms with van der Waals surface area (Å²) >= 11 is 1.50. The standard InChI is InChI=1S/C15H16N2OS/c1-11-4-6-12(7-5-11)10-13-14(18)16-15(19-13)17-8-2-3-9-17/h4-7,10H,2-3,8-9H2,1H3. The van der Waals surface area contributed by atoms with Gasteiger partial charge < -0.3 is 4.90 Å². The maximum Gasteiger partial charge on any atom is 0.286 e. The number of amidine groups is 1. The van der Waals surface area contributed by atoms with Gasteiger partial charge in [-0.1, -0.05) is 29.8 Å². The summed E-state index contributed by atoms with van der Waals surface area (Å²) in [6.07, 6.45) is 4.33. The van der Waals surface area contributed by atoms with Crippen LogP contribution < -0.4 is 0 Å². The number of rotatable bonds is 1. The van der Waals surface area contributed by atoms with Crippen LogP contribution in [0.2, 0.25) is 0 Å². The highest BCUT2D eigenvalue weighted by Crippen LogP contribution is 2.31. The van der Waals surface area contributed by atoms with Crippen molar-refractivity contribution < 1.29 is 4.79 Å². The van der Waals surface area contributed by atoms with Crippen LogP contribution in [0.5, 0.6) is 0 Å². The third-order valence-corrected chi connectivity index (χ3v) is 4.41. The number of carbonyl (C=O) groups is 1. The van der Waals surface area contributed by atoms with E-state index in [0.29, 0.717) is 0 Å². The summed E-state index contributed by atoms with van der Waals surface area (Å²) in [6.45, 7) is 4.11.